The molecule has 0 aromatic heterocycles. The third kappa shape index (κ3) is 7.14. The fraction of sp³-hybridized carbons (Fsp3) is 0.917. The molecule has 0 amide bonds. The molecular weight excluding hydrogens is 638 g/mol. The zero-order valence-corrected chi connectivity index (χ0v) is 23.7. The highest BCUT2D eigenvalue weighted by Crippen LogP contribution is 2.34. The van der Waals surface area contributed by atoms with Crippen molar-refractivity contribution in [2.24, 2.45) is 5.73 Å². The van der Waals surface area contributed by atoms with Gasteiger partial charge in [0.25, 0.3) is 0 Å². The molecule has 0 saturated carbocycles. The van der Waals surface area contributed by atoms with E-state index in [-0.39, 0.29) is 0 Å². The third-order valence-corrected chi connectivity index (χ3v) is 8.17. The molecule has 0 aromatic carbocycles. The highest BCUT2D eigenvalue weighted by atomic mass is 16.8. The highest BCUT2D eigenvalue weighted by Gasteiger charge is 2.56. The first-order valence-electron chi connectivity index (χ1n) is 14.0. The Morgan fingerprint density at radius 1 is 0.500 bits per heavy atom. The fourth-order valence-electron chi connectivity index (χ4n) is 5.59. The number of aliphatic hydroxyl groups excluding tert-OH is 10. The maximum absolute atomic E-state index is 12.1. The number of hydrogen-bond acceptors (Lipinski definition) is 20. The third-order valence-electron chi connectivity index (χ3n) is 8.17. The first kappa shape index (κ1) is 37.0. The SMILES string of the molecule is N[C@H]1[C@@H](O[C@H]2[C@H](O)[C@@H](O)[C@H](O[C@H]3[C@H](O)[C@@H](CO)O[C@@H]3CO)O[C@H]2C(=O)O)O[C@H](CO)[C@@H](O[C@@H]2O[C@@H](C(=O)O)[C@@H](O)[C@H](O)[C@H]2O)[C@@H]1O. The lowest BCUT2D eigenvalue weighted by Gasteiger charge is -2.48. The van der Waals surface area contributed by atoms with Crippen LogP contribution < -0.4 is 5.73 Å². The highest BCUT2D eigenvalue weighted by molar-refractivity contribution is 5.74. The number of nitrogens with two attached hydrogens (primary N) is 1. The number of carbonyl (C=O) groups is 2. The molecule has 22 heteroatoms. The van der Waals surface area contributed by atoms with Crippen LogP contribution in [0.4, 0.5) is 0 Å². The second kappa shape index (κ2) is 15.2. The van der Waals surface area contributed by atoms with Crippen molar-refractivity contribution < 1.29 is 104 Å². The number of aliphatic hydroxyl groups is 10. The van der Waals surface area contributed by atoms with E-state index in [0.717, 1.165) is 0 Å². The van der Waals surface area contributed by atoms with E-state index in [0.29, 0.717) is 0 Å². The Kier molecular flexibility index (Phi) is 12.2. The zero-order chi connectivity index (χ0) is 34.2. The van der Waals surface area contributed by atoms with Gasteiger partial charge < -0.3 is 100 Å². The van der Waals surface area contributed by atoms with Crippen molar-refractivity contribution >= 4 is 11.9 Å². The predicted molar refractivity (Wildman–Crippen MR) is 136 cm³/mol. The van der Waals surface area contributed by atoms with E-state index in [2.05, 4.69) is 0 Å². The lowest BCUT2D eigenvalue weighted by atomic mass is 9.95. The molecular formula is C24H39NO21. The number of rotatable bonds is 11. The van der Waals surface area contributed by atoms with Crippen molar-refractivity contribution in [2.75, 3.05) is 19.8 Å². The van der Waals surface area contributed by atoms with Crippen molar-refractivity contribution in [1.29, 1.82) is 0 Å². The maximum Gasteiger partial charge on any atom is 0.335 e. The van der Waals surface area contributed by atoms with Gasteiger partial charge in [0.15, 0.2) is 31.1 Å². The van der Waals surface area contributed by atoms with Crippen LogP contribution in [0, 0.1) is 0 Å². The number of aliphatic carboxylic acids is 2. The largest absolute Gasteiger partial charge is 0.479 e. The van der Waals surface area contributed by atoms with Crippen LogP contribution in [0.5, 0.6) is 0 Å². The topological polar surface area (TPSA) is 368 Å². The van der Waals surface area contributed by atoms with Gasteiger partial charge >= 0.3 is 11.9 Å². The molecule has 19 atom stereocenters. The molecule has 0 aromatic rings. The van der Waals surface area contributed by atoms with Gasteiger partial charge in [0.1, 0.15) is 79.4 Å². The Hall–Kier alpha value is -1.78. The van der Waals surface area contributed by atoms with Gasteiger partial charge in [-0.3, -0.25) is 0 Å². The number of ether oxygens (including phenoxy) is 7. The van der Waals surface area contributed by atoms with Crippen molar-refractivity contribution in [3.63, 3.8) is 0 Å². The molecule has 22 nitrogen and oxygen atoms in total. The molecule has 4 heterocycles. The smallest absolute Gasteiger partial charge is 0.335 e. The first-order valence-corrected chi connectivity index (χ1v) is 14.0. The fourth-order valence-corrected chi connectivity index (χ4v) is 5.59. The van der Waals surface area contributed by atoms with E-state index in [1.807, 2.05) is 0 Å². The summed E-state index contributed by atoms with van der Waals surface area (Å²) in [5.74, 6) is -3.47. The van der Waals surface area contributed by atoms with Crippen LogP contribution in [0.15, 0.2) is 0 Å². The summed E-state index contributed by atoms with van der Waals surface area (Å²) in [4.78, 5) is 23.5. The molecule has 4 rings (SSSR count). The summed E-state index contributed by atoms with van der Waals surface area (Å²) in [6.07, 6.45) is -32.9. The summed E-state index contributed by atoms with van der Waals surface area (Å²) in [5.41, 5.74) is 6.03. The standard InChI is InChI=1S/C24H39NO21/c25-7-9(30)16(43-23-13(34)10(31)11(32)18(45-23)20(36)37)6(3-28)41-22(7)44-17-12(33)14(35)24(46-19(17)21(38)39)42-15-5(2-27)40-4(1-26)8(15)29/h4-19,22-24,26-35H,1-3,25H2,(H,36,37)(H,38,39)/t4-,5-,6-,7-,8-,9-,10+,11+,12-,13-,14-,15-,16-,17+,18-,19-,22-,23-,24-/m1/s1. The maximum atomic E-state index is 12.1. The molecule has 0 spiro atoms. The molecule has 14 N–H and O–H groups in total. The van der Waals surface area contributed by atoms with Gasteiger partial charge in [-0.05, 0) is 0 Å². The summed E-state index contributed by atoms with van der Waals surface area (Å²) < 4.78 is 37.5. The Bertz CT molecular complexity index is 1040. The summed E-state index contributed by atoms with van der Waals surface area (Å²) >= 11 is 0. The second-order valence-corrected chi connectivity index (χ2v) is 11.1. The number of carboxylic acid groups (broad SMARTS) is 2. The molecule has 46 heavy (non-hydrogen) atoms. The van der Waals surface area contributed by atoms with E-state index in [9.17, 15) is 70.9 Å². The summed E-state index contributed by atoms with van der Waals surface area (Å²) in [6, 6.07) is -1.68. The minimum Gasteiger partial charge on any atom is -0.479 e. The Balaban J connectivity index is 1.46. The summed E-state index contributed by atoms with van der Waals surface area (Å²) in [6.45, 7) is -2.33. The molecule has 266 valence electrons. The van der Waals surface area contributed by atoms with Gasteiger partial charge in [0.2, 0.25) is 0 Å². The molecule has 4 fully saturated rings. The van der Waals surface area contributed by atoms with E-state index < -0.39 is 148 Å². The molecule has 4 aliphatic heterocycles. The van der Waals surface area contributed by atoms with Crippen LogP contribution in [0.25, 0.3) is 0 Å². The number of hydrogen-bond donors (Lipinski definition) is 13. The van der Waals surface area contributed by atoms with E-state index in [4.69, 9.17) is 38.9 Å². The van der Waals surface area contributed by atoms with Crippen LogP contribution in [0.1, 0.15) is 0 Å². The van der Waals surface area contributed by atoms with Crippen molar-refractivity contribution in [3.8, 4) is 0 Å². The lowest BCUT2D eigenvalue weighted by Crippen LogP contribution is -2.68. The van der Waals surface area contributed by atoms with Gasteiger partial charge in [-0.1, -0.05) is 0 Å². The minimum absolute atomic E-state index is 0.668. The average Bonchev–Trinajstić information content (AvgIpc) is 3.33. The zero-order valence-electron chi connectivity index (χ0n) is 23.7. The predicted octanol–water partition coefficient (Wildman–Crippen LogP) is -8.92. The Morgan fingerprint density at radius 2 is 0.957 bits per heavy atom. The van der Waals surface area contributed by atoms with Crippen LogP contribution in [0.3, 0.4) is 0 Å². The second-order valence-electron chi connectivity index (χ2n) is 11.1. The van der Waals surface area contributed by atoms with Gasteiger partial charge in [0.05, 0.1) is 25.9 Å². The van der Waals surface area contributed by atoms with E-state index >= 15 is 0 Å². The van der Waals surface area contributed by atoms with E-state index in [1.54, 1.807) is 0 Å². The van der Waals surface area contributed by atoms with Crippen LogP contribution in [-0.4, -0.2) is 210 Å². The van der Waals surface area contributed by atoms with Gasteiger partial charge in [0, 0.05) is 0 Å². The summed E-state index contributed by atoms with van der Waals surface area (Å²) in [7, 11) is 0. The number of carboxylic acids is 2. The van der Waals surface area contributed by atoms with Crippen LogP contribution in [-0.2, 0) is 42.7 Å². The lowest BCUT2D eigenvalue weighted by molar-refractivity contribution is -0.363. The average molecular weight is 678 g/mol. The molecule has 4 aliphatic rings. The van der Waals surface area contributed by atoms with E-state index in [1.165, 1.54) is 0 Å². The minimum atomic E-state index is -2.12. The quantitative estimate of drug-likeness (QED) is 0.0965. The van der Waals surface area contributed by atoms with Crippen LogP contribution >= 0.6 is 0 Å². The van der Waals surface area contributed by atoms with Crippen molar-refractivity contribution in [1.82, 2.24) is 0 Å². The van der Waals surface area contributed by atoms with Gasteiger partial charge in [-0.15, -0.1) is 0 Å². The monoisotopic (exact) mass is 677 g/mol. The normalized spacial score (nSPS) is 49.9. The van der Waals surface area contributed by atoms with Gasteiger partial charge in [-0.2, -0.15) is 0 Å². The van der Waals surface area contributed by atoms with Crippen molar-refractivity contribution in [2.45, 2.75) is 116 Å². The molecule has 0 unspecified atom stereocenters. The first-order chi connectivity index (χ1) is 21.7. The van der Waals surface area contributed by atoms with Gasteiger partial charge in [-0.25, -0.2) is 9.59 Å². The Morgan fingerprint density at radius 3 is 1.48 bits per heavy atom. The van der Waals surface area contributed by atoms with Crippen molar-refractivity contribution in [3.05, 3.63) is 0 Å². The molecule has 4 saturated heterocycles. The molecule has 0 radical (unpaired) electrons. The summed E-state index contributed by atoms with van der Waals surface area (Å²) in [5, 5.41) is 121. The Labute approximate surface area is 258 Å². The molecule has 0 bridgehead atoms. The molecule has 0 aliphatic carbocycles. The van der Waals surface area contributed by atoms with Crippen LogP contribution in [0.2, 0.25) is 0 Å².